The van der Waals surface area contributed by atoms with Crippen LogP contribution >= 0.6 is 0 Å². The first kappa shape index (κ1) is 14.7. The van der Waals surface area contributed by atoms with Crippen molar-refractivity contribution in [1.29, 1.82) is 0 Å². The van der Waals surface area contributed by atoms with Gasteiger partial charge in [-0.05, 0) is 61.9 Å². The quantitative estimate of drug-likeness (QED) is 0.809. The maximum absolute atomic E-state index is 12.1. The van der Waals surface area contributed by atoms with Crippen molar-refractivity contribution in [3.8, 4) is 0 Å². The lowest BCUT2D eigenvalue weighted by Gasteiger charge is -2.32. The molecule has 1 aromatic rings. The van der Waals surface area contributed by atoms with E-state index in [0.29, 0.717) is 18.8 Å². The van der Waals surface area contributed by atoms with Gasteiger partial charge in [-0.25, -0.2) is 0 Å². The van der Waals surface area contributed by atoms with Crippen LogP contribution in [0.1, 0.15) is 42.7 Å². The average molecular weight is 313 g/mol. The Balaban J connectivity index is 1.55. The van der Waals surface area contributed by atoms with Crippen LogP contribution in [0.2, 0.25) is 0 Å². The molecule has 2 saturated heterocycles. The number of benzene rings is 1. The van der Waals surface area contributed by atoms with Crippen LogP contribution in [0.25, 0.3) is 0 Å². The summed E-state index contributed by atoms with van der Waals surface area (Å²) in [5, 5.41) is 5.89. The minimum absolute atomic E-state index is 0.142. The number of anilines is 1. The zero-order valence-corrected chi connectivity index (χ0v) is 13.3. The third-order valence-corrected chi connectivity index (χ3v) is 5.43. The molecule has 3 aliphatic rings. The topological polar surface area (TPSA) is 61.4 Å². The third-order valence-electron chi connectivity index (χ3n) is 5.43. The second-order valence-electron chi connectivity index (χ2n) is 6.82. The molecule has 1 atom stereocenters. The van der Waals surface area contributed by atoms with Crippen LogP contribution in [-0.2, 0) is 16.0 Å². The van der Waals surface area contributed by atoms with Gasteiger partial charge in [-0.2, -0.15) is 0 Å². The van der Waals surface area contributed by atoms with Crippen LogP contribution in [0, 0.1) is 0 Å². The highest BCUT2D eigenvalue weighted by Crippen LogP contribution is 2.35. The summed E-state index contributed by atoms with van der Waals surface area (Å²) in [5.41, 5.74) is 3.97. The maximum Gasteiger partial charge on any atom is 0.249 e. The number of amides is 2. The second-order valence-corrected chi connectivity index (χ2v) is 6.82. The van der Waals surface area contributed by atoms with Gasteiger partial charge in [-0.15, -0.1) is 0 Å². The molecule has 122 valence electrons. The van der Waals surface area contributed by atoms with Crippen molar-refractivity contribution in [1.82, 2.24) is 10.6 Å². The molecule has 2 fully saturated rings. The number of nitrogens with zero attached hydrogens (tertiary/aromatic N) is 1. The standard InChI is InChI=1S/C18H23N3O2/c22-17-4-3-16(18(23)20-17)21-10-7-14-11-13(1-2-15(14)21)12-5-8-19-9-6-12/h1-2,11-12,16,19H,3-10H2,(H,20,22,23)/t16-/m0/s1. The summed E-state index contributed by atoms with van der Waals surface area (Å²) < 4.78 is 0. The maximum atomic E-state index is 12.1. The molecule has 0 aromatic heterocycles. The largest absolute Gasteiger partial charge is 0.359 e. The van der Waals surface area contributed by atoms with Crippen LogP contribution in [0.5, 0.6) is 0 Å². The van der Waals surface area contributed by atoms with Crippen LogP contribution < -0.4 is 15.5 Å². The van der Waals surface area contributed by atoms with Crippen molar-refractivity contribution in [3.63, 3.8) is 0 Å². The number of hydrogen-bond donors (Lipinski definition) is 2. The summed E-state index contributed by atoms with van der Waals surface area (Å²) in [6.45, 7) is 3.07. The highest BCUT2D eigenvalue weighted by molar-refractivity contribution is 6.01. The van der Waals surface area contributed by atoms with Gasteiger partial charge in [0.1, 0.15) is 6.04 Å². The number of carbonyl (C=O) groups excluding carboxylic acids is 2. The Morgan fingerprint density at radius 3 is 2.65 bits per heavy atom. The molecule has 0 saturated carbocycles. The van der Waals surface area contributed by atoms with Gasteiger partial charge in [-0.3, -0.25) is 14.9 Å². The summed E-state index contributed by atoms with van der Waals surface area (Å²) in [6, 6.07) is 6.57. The minimum atomic E-state index is -0.196. The van der Waals surface area contributed by atoms with Gasteiger partial charge < -0.3 is 10.2 Å². The van der Waals surface area contributed by atoms with E-state index in [1.807, 2.05) is 0 Å². The molecule has 2 N–H and O–H groups in total. The second kappa shape index (κ2) is 5.96. The predicted octanol–water partition coefficient (Wildman–Crippen LogP) is 1.32. The molecular formula is C18H23N3O2. The first-order valence-electron chi connectivity index (χ1n) is 8.66. The smallest absolute Gasteiger partial charge is 0.249 e. The Bertz CT molecular complexity index is 637. The Labute approximate surface area is 136 Å². The van der Waals surface area contributed by atoms with Crippen LogP contribution in [0.15, 0.2) is 18.2 Å². The molecule has 5 nitrogen and oxygen atoms in total. The van der Waals surface area contributed by atoms with Gasteiger partial charge in [0.2, 0.25) is 11.8 Å². The van der Waals surface area contributed by atoms with E-state index in [9.17, 15) is 9.59 Å². The molecular weight excluding hydrogens is 290 g/mol. The van der Waals surface area contributed by atoms with Crippen molar-refractivity contribution in [2.24, 2.45) is 0 Å². The molecule has 0 bridgehead atoms. The van der Waals surface area contributed by atoms with Crippen molar-refractivity contribution >= 4 is 17.5 Å². The van der Waals surface area contributed by atoms with E-state index in [4.69, 9.17) is 0 Å². The molecule has 2 amide bonds. The summed E-state index contributed by atoms with van der Waals surface area (Å²) >= 11 is 0. The summed E-state index contributed by atoms with van der Waals surface area (Å²) in [7, 11) is 0. The Hall–Kier alpha value is -1.88. The van der Waals surface area contributed by atoms with Crippen LogP contribution in [-0.4, -0.2) is 37.5 Å². The number of hydrogen-bond acceptors (Lipinski definition) is 4. The molecule has 0 spiro atoms. The fourth-order valence-corrected chi connectivity index (χ4v) is 4.16. The Morgan fingerprint density at radius 2 is 1.87 bits per heavy atom. The zero-order chi connectivity index (χ0) is 15.8. The van der Waals surface area contributed by atoms with E-state index in [1.54, 1.807) is 0 Å². The number of imide groups is 1. The van der Waals surface area contributed by atoms with E-state index in [1.165, 1.54) is 29.7 Å². The first-order valence-corrected chi connectivity index (χ1v) is 8.66. The molecule has 0 unspecified atom stereocenters. The minimum Gasteiger partial charge on any atom is -0.359 e. The van der Waals surface area contributed by atoms with Gasteiger partial charge in [0, 0.05) is 18.7 Å². The van der Waals surface area contributed by atoms with E-state index in [2.05, 4.69) is 33.7 Å². The molecule has 0 aliphatic carbocycles. The zero-order valence-electron chi connectivity index (χ0n) is 13.3. The number of nitrogens with one attached hydrogen (secondary N) is 2. The molecule has 0 radical (unpaired) electrons. The van der Waals surface area contributed by atoms with Gasteiger partial charge >= 0.3 is 0 Å². The Kier molecular flexibility index (Phi) is 3.81. The van der Waals surface area contributed by atoms with Crippen molar-refractivity contribution in [3.05, 3.63) is 29.3 Å². The van der Waals surface area contributed by atoms with Gasteiger partial charge in [-0.1, -0.05) is 12.1 Å². The monoisotopic (exact) mass is 313 g/mol. The van der Waals surface area contributed by atoms with E-state index >= 15 is 0 Å². The third kappa shape index (κ3) is 2.74. The van der Waals surface area contributed by atoms with Crippen molar-refractivity contribution in [2.45, 2.75) is 44.1 Å². The number of carbonyl (C=O) groups is 2. The van der Waals surface area contributed by atoms with Gasteiger partial charge in [0.25, 0.3) is 0 Å². The molecule has 1 aromatic carbocycles. The number of fused-ring (bicyclic) bond motifs is 1. The lowest BCUT2D eigenvalue weighted by molar-refractivity contribution is -0.134. The average Bonchev–Trinajstić information content (AvgIpc) is 2.99. The Morgan fingerprint density at radius 1 is 1.04 bits per heavy atom. The van der Waals surface area contributed by atoms with E-state index in [0.717, 1.165) is 26.1 Å². The predicted molar refractivity (Wildman–Crippen MR) is 88.5 cm³/mol. The van der Waals surface area contributed by atoms with Crippen molar-refractivity contribution in [2.75, 3.05) is 24.5 Å². The van der Waals surface area contributed by atoms with Gasteiger partial charge in [0.05, 0.1) is 0 Å². The van der Waals surface area contributed by atoms with Gasteiger partial charge in [0.15, 0.2) is 0 Å². The fourth-order valence-electron chi connectivity index (χ4n) is 4.16. The first-order chi connectivity index (χ1) is 11.2. The lowest BCUT2D eigenvalue weighted by atomic mass is 9.89. The molecule has 3 heterocycles. The lowest BCUT2D eigenvalue weighted by Crippen LogP contribution is -2.52. The molecule has 4 rings (SSSR count). The normalized spacial score (nSPS) is 25.4. The fraction of sp³-hybridized carbons (Fsp3) is 0.556. The van der Waals surface area contributed by atoms with Crippen LogP contribution in [0.3, 0.4) is 0 Å². The summed E-state index contributed by atoms with van der Waals surface area (Å²) in [6.07, 6.45) is 4.46. The molecule has 3 aliphatic heterocycles. The van der Waals surface area contributed by atoms with Crippen molar-refractivity contribution < 1.29 is 9.59 Å². The van der Waals surface area contributed by atoms with E-state index in [-0.39, 0.29) is 17.9 Å². The van der Waals surface area contributed by atoms with Crippen LogP contribution in [0.4, 0.5) is 5.69 Å². The highest BCUT2D eigenvalue weighted by Gasteiger charge is 2.35. The highest BCUT2D eigenvalue weighted by atomic mass is 16.2. The summed E-state index contributed by atoms with van der Waals surface area (Å²) in [5.74, 6) is 0.370. The molecule has 5 heteroatoms. The number of rotatable bonds is 2. The SMILES string of the molecule is O=C1CC[C@H](N2CCc3cc(C4CCNCC4)ccc32)C(=O)N1. The molecule has 23 heavy (non-hydrogen) atoms. The number of piperidine rings is 2. The van der Waals surface area contributed by atoms with E-state index < -0.39 is 0 Å². The summed E-state index contributed by atoms with van der Waals surface area (Å²) in [4.78, 5) is 25.7.